The van der Waals surface area contributed by atoms with Crippen LogP contribution in [0.15, 0.2) is 77.7 Å². The van der Waals surface area contributed by atoms with E-state index in [0.29, 0.717) is 45.1 Å². The first-order valence-electron chi connectivity index (χ1n) is 11.0. The fourth-order valence-electron chi connectivity index (χ4n) is 3.87. The number of thiazole rings is 1. The van der Waals surface area contributed by atoms with Crippen LogP contribution in [0.4, 0.5) is 9.52 Å². The molecule has 35 heavy (non-hydrogen) atoms. The van der Waals surface area contributed by atoms with Gasteiger partial charge in [-0.2, -0.15) is 0 Å². The largest absolute Gasteiger partial charge is 0.298 e. The van der Waals surface area contributed by atoms with Crippen molar-refractivity contribution in [2.75, 3.05) is 5.32 Å². The molecule has 0 atom stereocenters. The van der Waals surface area contributed by atoms with Crippen LogP contribution >= 0.6 is 11.3 Å². The van der Waals surface area contributed by atoms with Crippen LogP contribution in [0.1, 0.15) is 32.2 Å². The smallest absolute Gasteiger partial charge is 0.265 e. The lowest BCUT2D eigenvalue weighted by Crippen LogP contribution is -2.22. The highest BCUT2D eigenvalue weighted by atomic mass is 32.1. The van der Waals surface area contributed by atoms with Crippen molar-refractivity contribution < 1.29 is 9.18 Å². The van der Waals surface area contributed by atoms with Crippen molar-refractivity contribution >= 4 is 33.3 Å². The quantitative estimate of drug-likeness (QED) is 0.360. The van der Waals surface area contributed by atoms with E-state index >= 15 is 0 Å². The summed E-state index contributed by atoms with van der Waals surface area (Å²) in [5, 5.41) is 3.80. The van der Waals surface area contributed by atoms with Crippen LogP contribution in [-0.4, -0.2) is 20.4 Å². The molecule has 0 spiro atoms. The number of hydrogen-bond donors (Lipinski definition) is 1. The highest BCUT2D eigenvalue weighted by molar-refractivity contribution is 7.15. The van der Waals surface area contributed by atoms with Crippen LogP contribution < -0.4 is 10.9 Å². The van der Waals surface area contributed by atoms with Gasteiger partial charge >= 0.3 is 0 Å². The molecule has 5 rings (SSSR count). The molecule has 0 radical (unpaired) electrons. The molecule has 5 aromatic rings. The molecule has 0 saturated heterocycles. The van der Waals surface area contributed by atoms with Crippen molar-refractivity contribution in [3.8, 4) is 5.69 Å². The van der Waals surface area contributed by atoms with E-state index in [2.05, 4.69) is 15.3 Å². The topological polar surface area (TPSA) is 76.9 Å². The predicted molar refractivity (Wildman–Crippen MR) is 136 cm³/mol. The van der Waals surface area contributed by atoms with Crippen LogP contribution in [0.3, 0.4) is 0 Å². The standard InChI is InChI=1S/C27H21FN4O2S/c1-16-7-8-18(14-23(16)28)13-21-15-29-27(35-21)31-25(33)19-9-11-20(12-10-19)32-17(2)30-24-6-4-3-5-22(24)26(32)34/h3-12,14-15H,13H2,1-2H3,(H,29,31,33). The maximum absolute atomic E-state index is 13.8. The van der Waals surface area contributed by atoms with Gasteiger partial charge in [-0.3, -0.25) is 19.5 Å². The molecule has 2 aromatic heterocycles. The van der Waals surface area contributed by atoms with Crippen molar-refractivity contribution in [1.29, 1.82) is 0 Å². The second-order valence-electron chi connectivity index (χ2n) is 8.21. The zero-order valence-electron chi connectivity index (χ0n) is 19.1. The maximum Gasteiger partial charge on any atom is 0.265 e. The van der Waals surface area contributed by atoms with Crippen molar-refractivity contribution in [3.63, 3.8) is 0 Å². The summed E-state index contributed by atoms with van der Waals surface area (Å²) in [5.41, 5.74) is 3.01. The van der Waals surface area contributed by atoms with Gasteiger partial charge in [0.2, 0.25) is 0 Å². The minimum Gasteiger partial charge on any atom is -0.298 e. The van der Waals surface area contributed by atoms with Crippen LogP contribution in [-0.2, 0) is 6.42 Å². The van der Waals surface area contributed by atoms with Gasteiger partial charge in [-0.1, -0.05) is 24.3 Å². The Morgan fingerprint density at radius 3 is 2.60 bits per heavy atom. The zero-order chi connectivity index (χ0) is 24.5. The Kier molecular flexibility index (Phi) is 5.96. The molecular weight excluding hydrogens is 463 g/mol. The number of carbonyl (C=O) groups is 1. The minimum absolute atomic E-state index is 0.158. The van der Waals surface area contributed by atoms with E-state index in [4.69, 9.17) is 0 Å². The Labute approximate surface area is 204 Å². The number of rotatable bonds is 5. The Morgan fingerprint density at radius 2 is 1.83 bits per heavy atom. The number of hydrogen-bond acceptors (Lipinski definition) is 5. The van der Waals surface area contributed by atoms with E-state index in [1.165, 1.54) is 22.0 Å². The summed E-state index contributed by atoms with van der Waals surface area (Å²) in [6.45, 7) is 3.50. The lowest BCUT2D eigenvalue weighted by atomic mass is 10.1. The first-order valence-corrected chi connectivity index (χ1v) is 11.8. The fourth-order valence-corrected chi connectivity index (χ4v) is 4.72. The summed E-state index contributed by atoms with van der Waals surface area (Å²) in [4.78, 5) is 35.5. The average molecular weight is 485 g/mol. The van der Waals surface area contributed by atoms with E-state index in [1.54, 1.807) is 56.4 Å². The summed E-state index contributed by atoms with van der Waals surface area (Å²) in [5.74, 6) is 0.0233. The Morgan fingerprint density at radius 1 is 1.06 bits per heavy atom. The minimum atomic E-state index is -0.306. The van der Waals surface area contributed by atoms with Gasteiger partial charge in [0, 0.05) is 23.1 Å². The van der Waals surface area contributed by atoms with E-state index in [-0.39, 0.29) is 17.3 Å². The third-order valence-electron chi connectivity index (χ3n) is 5.72. The molecule has 0 saturated carbocycles. The molecular formula is C27H21FN4O2S. The molecule has 1 amide bonds. The van der Waals surface area contributed by atoms with Gasteiger partial charge in [0.05, 0.1) is 16.6 Å². The third-order valence-corrected chi connectivity index (χ3v) is 6.63. The molecule has 0 unspecified atom stereocenters. The maximum atomic E-state index is 13.8. The van der Waals surface area contributed by atoms with Crippen LogP contribution in [0, 0.1) is 19.7 Å². The molecule has 1 N–H and O–H groups in total. The first-order chi connectivity index (χ1) is 16.9. The molecule has 0 aliphatic heterocycles. The Balaban J connectivity index is 1.32. The number of aromatic nitrogens is 3. The highest BCUT2D eigenvalue weighted by Gasteiger charge is 2.13. The number of nitrogens with zero attached hydrogens (tertiary/aromatic N) is 3. The van der Waals surface area contributed by atoms with Crippen molar-refractivity contribution in [1.82, 2.24) is 14.5 Å². The summed E-state index contributed by atoms with van der Waals surface area (Å²) >= 11 is 1.35. The number of fused-ring (bicyclic) bond motifs is 1. The molecule has 8 heteroatoms. The van der Waals surface area contributed by atoms with Crippen molar-refractivity contribution in [3.05, 3.63) is 116 Å². The van der Waals surface area contributed by atoms with E-state index in [0.717, 1.165) is 10.4 Å². The summed E-state index contributed by atoms with van der Waals surface area (Å²) in [6.07, 6.45) is 2.22. The van der Waals surface area contributed by atoms with Crippen LogP contribution in [0.25, 0.3) is 16.6 Å². The molecule has 0 aliphatic rings. The van der Waals surface area contributed by atoms with E-state index in [9.17, 15) is 14.0 Å². The first kappa shape index (κ1) is 22.6. The summed E-state index contributed by atoms with van der Waals surface area (Å²) in [6, 6.07) is 19.1. The van der Waals surface area contributed by atoms with Crippen LogP contribution in [0.5, 0.6) is 0 Å². The van der Waals surface area contributed by atoms with E-state index < -0.39 is 0 Å². The van der Waals surface area contributed by atoms with Gasteiger partial charge in [0.1, 0.15) is 11.6 Å². The van der Waals surface area contributed by atoms with Crippen LogP contribution in [0.2, 0.25) is 0 Å². The second-order valence-corrected chi connectivity index (χ2v) is 9.32. The van der Waals surface area contributed by atoms with Gasteiger partial charge in [0.15, 0.2) is 5.13 Å². The normalized spacial score (nSPS) is 11.1. The van der Waals surface area contributed by atoms with E-state index in [1.807, 2.05) is 24.3 Å². The lowest BCUT2D eigenvalue weighted by molar-refractivity contribution is 0.102. The third kappa shape index (κ3) is 4.61. The molecule has 0 fully saturated rings. The second kappa shape index (κ2) is 9.23. The molecule has 6 nitrogen and oxygen atoms in total. The number of anilines is 1. The van der Waals surface area contributed by atoms with Crippen molar-refractivity contribution in [2.45, 2.75) is 20.3 Å². The highest BCUT2D eigenvalue weighted by Crippen LogP contribution is 2.23. The number of nitrogens with one attached hydrogen (secondary N) is 1. The predicted octanol–water partition coefficient (Wildman–Crippen LogP) is 5.44. The Bertz CT molecular complexity index is 1620. The monoisotopic (exact) mass is 484 g/mol. The zero-order valence-corrected chi connectivity index (χ0v) is 19.9. The van der Waals surface area contributed by atoms with Crippen molar-refractivity contribution in [2.24, 2.45) is 0 Å². The van der Waals surface area contributed by atoms with Gasteiger partial charge in [-0.25, -0.2) is 14.4 Å². The Hall–Kier alpha value is -4.17. The van der Waals surface area contributed by atoms with Gasteiger partial charge in [-0.05, 0) is 67.4 Å². The molecule has 0 aliphatic carbocycles. The SMILES string of the molecule is Cc1ccc(Cc2cnc(NC(=O)c3ccc(-n4c(C)nc5ccccc5c4=O)cc3)s2)cc1F. The number of amides is 1. The number of benzene rings is 3. The number of para-hydroxylation sites is 1. The molecule has 3 aromatic carbocycles. The number of aryl methyl sites for hydroxylation is 2. The average Bonchev–Trinajstić information content (AvgIpc) is 3.28. The lowest BCUT2D eigenvalue weighted by Gasteiger charge is -2.11. The number of carbonyl (C=O) groups excluding carboxylic acids is 1. The van der Waals surface area contributed by atoms with Gasteiger partial charge in [-0.15, -0.1) is 11.3 Å². The van der Waals surface area contributed by atoms with Gasteiger partial charge in [0.25, 0.3) is 11.5 Å². The summed E-state index contributed by atoms with van der Waals surface area (Å²) in [7, 11) is 0. The fraction of sp³-hybridized carbons (Fsp3) is 0.111. The van der Waals surface area contributed by atoms with Gasteiger partial charge < -0.3 is 0 Å². The summed E-state index contributed by atoms with van der Waals surface area (Å²) < 4.78 is 15.3. The molecule has 0 bridgehead atoms. The molecule has 2 heterocycles. The number of halogens is 1. The molecule has 174 valence electrons.